The van der Waals surface area contributed by atoms with Crippen molar-refractivity contribution in [2.75, 3.05) is 13.2 Å². The lowest BCUT2D eigenvalue weighted by Crippen LogP contribution is -2.42. The Kier molecular flexibility index (Phi) is 7.49. The molecule has 1 aromatic carbocycles. The third-order valence-electron chi connectivity index (χ3n) is 3.41. The fourth-order valence-electron chi connectivity index (χ4n) is 2.46. The highest BCUT2D eigenvalue weighted by Crippen LogP contribution is 2.36. The molecule has 0 heterocycles. The average Bonchev–Trinajstić information content (AvgIpc) is 2.40. The molecular formula is C17H27Cl2NO. The number of ether oxygens (including phenoxy) is 1. The van der Waals surface area contributed by atoms with Crippen LogP contribution < -0.4 is 5.32 Å². The van der Waals surface area contributed by atoms with Gasteiger partial charge in [0.1, 0.15) is 0 Å². The summed E-state index contributed by atoms with van der Waals surface area (Å²) in [6.07, 6.45) is 1.07. The van der Waals surface area contributed by atoms with E-state index in [0.29, 0.717) is 11.6 Å². The van der Waals surface area contributed by atoms with Gasteiger partial charge in [-0.3, -0.25) is 0 Å². The highest BCUT2D eigenvalue weighted by molar-refractivity contribution is 6.33. The Hall–Kier alpha value is -0.280. The standard InChI is InChI=1S/C17H27Cl2NO/c1-6-10-20-15(16(21-7-2)17(3,4)5)13-11-12(18)8-9-14(13)19/h8-9,11,15-16,20H,6-7,10H2,1-5H3. The summed E-state index contributed by atoms with van der Waals surface area (Å²) in [5.41, 5.74) is 0.999. The lowest BCUT2D eigenvalue weighted by molar-refractivity contribution is -0.0365. The largest absolute Gasteiger partial charge is 0.376 e. The predicted octanol–water partition coefficient (Wildman–Crippen LogP) is 5.49. The molecule has 0 bridgehead atoms. The minimum absolute atomic E-state index is 0.00688. The third kappa shape index (κ3) is 5.45. The quantitative estimate of drug-likeness (QED) is 0.713. The summed E-state index contributed by atoms with van der Waals surface area (Å²) in [4.78, 5) is 0. The molecule has 1 rings (SSSR count). The van der Waals surface area contributed by atoms with Crippen molar-refractivity contribution in [1.29, 1.82) is 0 Å². The molecule has 0 saturated carbocycles. The second kappa shape index (κ2) is 8.38. The van der Waals surface area contributed by atoms with Gasteiger partial charge in [-0.05, 0) is 49.1 Å². The Labute approximate surface area is 139 Å². The second-order valence-electron chi connectivity index (χ2n) is 6.34. The van der Waals surface area contributed by atoms with Crippen LogP contribution in [0.2, 0.25) is 10.0 Å². The summed E-state index contributed by atoms with van der Waals surface area (Å²) in [6, 6.07) is 5.63. The van der Waals surface area contributed by atoms with Crippen LogP contribution in [0.5, 0.6) is 0 Å². The van der Waals surface area contributed by atoms with Gasteiger partial charge in [-0.15, -0.1) is 0 Å². The van der Waals surface area contributed by atoms with Gasteiger partial charge in [0.2, 0.25) is 0 Å². The molecule has 0 fully saturated rings. The minimum atomic E-state index is -0.00688. The van der Waals surface area contributed by atoms with Gasteiger partial charge in [0.25, 0.3) is 0 Å². The van der Waals surface area contributed by atoms with Crippen LogP contribution in [0.25, 0.3) is 0 Å². The van der Waals surface area contributed by atoms with Crippen molar-refractivity contribution in [2.24, 2.45) is 5.41 Å². The van der Waals surface area contributed by atoms with Crippen LogP contribution in [0.3, 0.4) is 0 Å². The first-order valence-corrected chi connectivity index (χ1v) is 8.36. The van der Waals surface area contributed by atoms with E-state index in [1.165, 1.54) is 0 Å². The van der Waals surface area contributed by atoms with Crippen LogP contribution >= 0.6 is 23.2 Å². The number of benzene rings is 1. The van der Waals surface area contributed by atoms with E-state index in [0.717, 1.165) is 23.6 Å². The van der Waals surface area contributed by atoms with E-state index in [4.69, 9.17) is 27.9 Å². The maximum Gasteiger partial charge on any atom is 0.0818 e. The zero-order valence-electron chi connectivity index (χ0n) is 13.7. The van der Waals surface area contributed by atoms with E-state index in [1.807, 2.05) is 25.1 Å². The Bertz CT molecular complexity index is 443. The normalized spacial score (nSPS) is 15.0. The lowest BCUT2D eigenvalue weighted by atomic mass is 9.81. The second-order valence-corrected chi connectivity index (χ2v) is 7.18. The van der Waals surface area contributed by atoms with Crippen LogP contribution in [-0.4, -0.2) is 19.3 Å². The molecular weight excluding hydrogens is 305 g/mol. The van der Waals surface area contributed by atoms with E-state index in [1.54, 1.807) is 0 Å². The Morgan fingerprint density at radius 3 is 2.38 bits per heavy atom. The van der Waals surface area contributed by atoms with Gasteiger partial charge < -0.3 is 10.1 Å². The molecule has 0 aliphatic rings. The van der Waals surface area contributed by atoms with E-state index < -0.39 is 0 Å². The minimum Gasteiger partial charge on any atom is -0.376 e. The first kappa shape index (κ1) is 18.8. The molecule has 0 amide bonds. The van der Waals surface area contributed by atoms with Gasteiger partial charge in [0, 0.05) is 16.7 Å². The van der Waals surface area contributed by atoms with Gasteiger partial charge in [-0.25, -0.2) is 0 Å². The van der Waals surface area contributed by atoms with Crippen LogP contribution in [0, 0.1) is 5.41 Å². The molecule has 21 heavy (non-hydrogen) atoms. The maximum absolute atomic E-state index is 6.41. The average molecular weight is 332 g/mol. The van der Waals surface area contributed by atoms with Crippen molar-refractivity contribution in [1.82, 2.24) is 5.32 Å². The molecule has 0 radical (unpaired) electrons. The van der Waals surface area contributed by atoms with Crippen molar-refractivity contribution in [2.45, 2.75) is 53.2 Å². The van der Waals surface area contributed by atoms with E-state index in [9.17, 15) is 0 Å². The van der Waals surface area contributed by atoms with Gasteiger partial charge in [0.05, 0.1) is 12.1 Å². The topological polar surface area (TPSA) is 21.3 Å². The Morgan fingerprint density at radius 1 is 1.19 bits per heavy atom. The number of halogens is 2. The fourth-order valence-corrected chi connectivity index (χ4v) is 2.87. The monoisotopic (exact) mass is 331 g/mol. The van der Waals surface area contributed by atoms with Gasteiger partial charge in [-0.1, -0.05) is 50.9 Å². The smallest absolute Gasteiger partial charge is 0.0818 e. The van der Waals surface area contributed by atoms with Gasteiger partial charge in [-0.2, -0.15) is 0 Å². The molecule has 0 spiro atoms. The highest BCUT2D eigenvalue weighted by atomic mass is 35.5. The maximum atomic E-state index is 6.41. The van der Waals surface area contributed by atoms with E-state index in [-0.39, 0.29) is 17.6 Å². The predicted molar refractivity (Wildman–Crippen MR) is 92.4 cm³/mol. The summed E-state index contributed by atoms with van der Waals surface area (Å²) in [6.45, 7) is 12.3. The summed E-state index contributed by atoms with van der Waals surface area (Å²) in [5.74, 6) is 0. The van der Waals surface area contributed by atoms with Crippen LogP contribution in [0.4, 0.5) is 0 Å². The van der Waals surface area contributed by atoms with Crippen molar-refractivity contribution in [3.63, 3.8) is 0 Å². The molecule has 2 nitrogen and oxygen atoms in total. The molecule has 4 heteroatoms. The molecule has 1 aromatic rings. The first-order valence-electron chi connectivity index (χ1n) is 7.61. The molecule has 2 atom stereocenters. The summed E-state index contributed by atoms with van der Waals surface area (Å²) >= 11 is 12.6. The zero-order chi connectivity index (χ0) is 16.0. The van der Waals surface area contributed by atoms with Crippen LogP contribution in [0.1, 0.15) is 52.6 Å². The van der Waals surface area contributed by atoms with Gasteiger partial charge in [0.15, 0.2) is 0 Å². The summed E-state index contributed by atoms with van der Waals surface area (Å²) in [7, 11) is 0. The molecule has 0 aliphatic heterocycles. The van der Waals surface area contributed by atoms with Crippen LogP contribution in [-0.2, 0) is 4.74 Å². The molecule has 0 aromatic heterocycles. The van der Waals surface area contributed by atoms with Crippen molar-refractivity contribution >= 4 is 23.2 Å². The molecule has 2 unspecified atom stereocenters. The number of hydrogen-bond donors (Lipinski definition) is 1. The molecule has 120 valence electrons. The van der Waals surface area contributed by atoms with E-state index in [2.05, 4.69) is 33.0 Å². The molecule has 0 aliphatic carbocycles. The fraction of sp³-hybridized carbons (Fsp3) is 0.647. The Morgan fingerprint density at radius 2 is 1.86 bits per heavy atom. The van der Waals surface area contributed by atoms with E-state index >= 15 is 0 Å². The Balaban J connectivity index is 3.22. The molecule has 0 saturated heterocycles. The molecule has 1 N–H and O–H groups in total. The summed E-state index contributed by atoms with van der Waals surface area (Å²) < 4.78 is 6.05. The SMILES string of the molecule is CCCNC(c1cc(Cl)ccc1Cl)C(OCC)C(C)(C)C. The van der Waals surface area contributed by atoms with Crippen molar-refractivity contribution < 1.29 is 4.74 Å². The zero-order valence-corrected chi connectivity index (χ0v) is 15.2. The van der Waals surface area contributed by atoms with Crippen LogP contribution in [0.15, 0.2) is 18.2 Å². The lowest BCUT2D eigenvalue weighted by Gasteiger charge is -2.38. The first-order chi connectivity index (χ1) is 9.81. The number of nitrogens with one attached hydrogen (secondary N) is 1. The number of hydrogen-bond acceptors (Lipinski definition) is 2. The van der Waals surface area contributed by atoms with Gasteiger partial charge >= 0.3 is 0 Å². The number of rotatable bonds is 7. The summed E-state index contributed by atoms with van der Waals surface area (Å²) in [5, 5.41) is 5.00. The van der Waals surface area contributed by atoms with Crippen molar-refractivity contribution in [3.05, 3.63) is 33.8 Å². The van der Waals surface area contributed by atoms with Crippen molar-refractivity contribution in [3.8, 4) is 0 Å². The third-order valence-corrected chi connectivity index (χ3v) is 3.99. The highest BCUT2D eigenvalue weighted by Gasteiger charge is 2.34.